The monoisotopic (exact) mass is 923 g/mol. The van der Waals surface area contributed by atoms with Crippen molar-refractivity contribution in [3.63, 3.8) is 0 Å². The van der Waals surface area contributed by atoms with E-state index >= 15 is 0 Å². The topological polar surface area (TPSA) is 78.9 Å². The molecule has 0 N–H and O–H groups in total. The van der Waals surface area contributed by atoms with Crippen molar-refractivity contribution >= 4 is 17.9 Å². The summed E-state index contributed by atoms with van der Waals surface area (Å²) in [5.74, 6) is -0.935. The summed E-state index contributed by atoms with van der Waals surface area (Å²) in [5, 5.41) is 0. The zero-order valence-corrected chi connectivity index (χ0v) is 43.7. The van der Waals surface area contributed by atoms with Gasteiger partial charge in [-0.05, 0) is 57.8 Å². The fourth-order valence-corrected chi connectivity index (χ4v) is 8.07. The zero-order valence-electron chi connectivity index (χ0n) is 43.7. The van der Waals surface area contributed by atoms with Gasteiger partial charge in [0, 0.05) is 19.3 Å². The van der Waals surface area contributed by atoms with Gasteiger partial charge in [0.05, 0.1) is 0 Å². The highest BCUT2D eigenvalue weighted by atomic mass is 16.6. The third kappa shape index (κ3) is 52.1. The van der Waals surface area contributed by atoms with Crippen LogP contribution in [0.15, 0.2) is 60.8 Å². The molecule has 0 aromatic rings. The highest BCUT2D eigenvalue weighted by molar-refractivity contribution is 5.71. The first kappa shape index (κ1) is 63.1. The SMILES string of the molecule is CC/C=C\C/C=C\C/C=C\C/C=C\C/C=C\CCCC(=O)OCC(COC(=O)CCCCCCCCCCCCCCCCC)OC(=O)CCCCCCCCCCCCCCCCCC. The summed E-state index contributed by atoms with van der Waals surface area (Å²) < 4.78 is 16.8. The van der Waals surface area contributed by atoms with Crippen LogP contribution in [0.4, 0.5) is 0 Å². The quantitative estimate of drug-likeness (QED) is 0.0262. The summed E-state index contributed by atoms with van der Waals surface area (Å²) in [4.78, 5) is 38.1. The molecule has 0 rings (SSSR count). The fraction of sp³-hybridized carbons (Fsp3) is 0.783. The van der Waals surface area contributed by atoms with Gasteiger partial charge < -0.3 is 14.2 Å². The molecule has 1 atom stereocenters. The molecule has 0 aromatic heterocycles. The first-order chi connectivity index (χ1) is 32.5. The largest absolute Gasteiger partial charge is 0.462 e. The molecule has 0 aromatic carbocycles. The number of unbranched alkanes of at least 4 members (excludes halogenated alkanes) is 30. The van der Waals surface area contributed by atoms with Gasteiger partial charge in [-0.25, -0.2) is 0 Å². The lowest BCUT2D eigenvalue weighted by atomic mass is 10.0. The molecule has 0 aliphatic carbocycles. The maximum atomic E-state index is 12.8. The molecular weight excluding hydrogens is 817 g/mol. The van der Waals surface area contributed by atoms with Crippen molar-refractivity contribution in [2.75, 3.05) is 13.2 Å². The Morgan fingerprint density at radius 2 is 0.591 bits per heavy atom. The molecule has 0 aliphatic heterocycles. The van der Waals surface area contributed by atoms with Crippen molar-refractivity contribution in [2.24, 2.45) is 0 Å². The van der Waals surface area contributed by atoms with E-state index in [2.05, 4.69) is 81.5 Å². The first-order valence-electron chi connectivity index (χ1n) is 28.3. The number of ether oxygens (including phenoxy) is 3. The Kier molecular flexibility index (Phi) is 52.3. The third-order valence-electron chi connectivity index (χ3n) is 12.3. The van der Waals surface area contributed by atoms with E-state index < -0.39 is 6.10 Å². The second-order valence-electron chi connectivity index (χ2n) is 18.8. The van der Waals surface area contributed by atoms with E-state index in [1.165, 1.54) is 161 Å². The summed E-state index contributed by atoms with van der Waals surface area (Å²) in [6, 6.07) is 0. The number of esters is 3. The van der Waals surface area contributed by atoms with Crippen LogP contribution in [-0.2, 0) is 28.6 Å². The molecule has 0 bridgehead atoms. The van der Waals surface area contributed by atoms with Crippen molar-refractivity contribution in [1.82, 2.24) is 0 Å². The number of rotatable bonds is 51. The highest BCUT2D eigenvalue weighted by Crippen LogP contribution is 2.16. The summed E-state index contributed by atoms with van der Waals surface area (Å²) in [6.45, 7) is 6.51. The molecule has 0 saturated carbocycles. The van der Waals surface area contributed by atoms with Crippen LogP contribution in [-0.4, -0.2) is 37.2 Å². The smallest absolute Gasteiger partial charge is 0.306 e. The minimum atomic E-state index is -0.793. The molecule has 382 valence electrons. The number of carbonyl (C=O) groups is 3. The van der Waals surface area contributed by atoms with E-state index in [0.29, 0.717) is 19.3 Å². The van der Waals surface area contributed by atoms with E-state index in [9.17, 15) is 14.4 Å². The number of carbonyl (C=O) groups excluding carboxylic acids is 3. The minimum absolute atomic E-state index is 0.0877. The van der Waals surface area contributed by atoms with Crippen molar-refractivity contribution in [3.05, 3.63) is 60.8 Å². The van der Waals surface area contributed by atoms with Crippen molar-refractivity contribution in [1.29, 1.82) is 0 Å². The lowest BCUT2D eigenvalue weighted by Crippen LogP contribution is -2.30. The van der Waals surface area contributed by atoms with Crippen LogP contribution in [0.25, 0.3) is 0 Å². The zero-order chi connectivity index (χ0) is 47.9. The van der Waals surface area contributed by atoms with Crippen LogP contribution in [0.5, 0.6) is 0 Å². The number of hydrogen-bond acceptors (Lipinski definition) is 6. The van der Waals surface area contributed by atoms with E-state index in [4.69, 9.17) is 14.2 Å². The van der Waals surface area contributed by atoms with E-state index in [0.717, 1.165) is 77.0 Å². The lowest BCUT2D eigenvalue weighted by Gasteiger charge is -2.18. The van der Waals surface area contributed by atoms with Crippen LogP contribution in [0.2, 0.25) is 0 Å². The van der Waals surface area contributed by atoms with Gasteiger partial charge in [-0.1, -0.05) is 268 Å². The van der Waals surface area contributed by atoms with E-state index in [1.54, 1.807) is 0 Å². The number of hydrogen-bond donors (Lipinski definition) is 0. The Labute approximate surface area is 409 Å². The maximum absolute atomic E-state index is 12.8. The normalized spacial score (nSPS) is 12.5. The van der Waals surface area contributed by atoms with Crippen LogP contribution in [0, 0.1) is 0 Å². The molecule has 6 heteroatoms. The second-order valence-corrected chi connectivity index (χ2v) is 18.8. The van der Waals surface area contributed by atoms with Gasteiger partial charge in [-0.3, -0.25) is 14.4 Å². The standard InChI is InChI=1S/C60H106O6/c1-4-7-10-13-16-19-22-25-28-30-33-35-38-41-44-47-50-53-59(62)65-56-57(55-64-58(61)52-49-46-43-40-37-34-31-27-24-21-18-15-12-9-6-3)66-60(63)54-51-48-45-42-39-36-32-29-26-23-20-17-14-11-8-5-2/h7,10,16,19,25,28,33,35,41,44,57H,4-6,8-9,11-15,17-18,20-24,26-27,29-32,34,36-40,42-43,45-56H2,1-3H3/b10-7-,19-16-,28-25-,35-33-,44-41-. The van der Waals surface area contributed by atoms with Crippen LogP contribution in [0.3, 0.4) is 0 Å². The van der Waals surface area contributed by atoms with Gasteiger partial charge in [0.2, 0.25) is 0 Å². The Morgan fingerprint density at radius 1 is 0.318 bits per heavy atom. The average Bonchev–Trinajstić information content (AvgIpc) is 3.31. The molecule has 66 heavy (non-hydrogen) atoms. The predicted molar refractivity (Wildman–Crippen MR) is 284 cm³/mol. The minimum Gasteiger partial charge on any atom is -0.462 e. The Morgan fingerprint density at radius 3 is 0.924 bits per heavy atom. The van der Waals surface area contributed by atoms with Gasteiger partial charge in [-0.15, -0.1) is 0 Å². The van der Waals surface area contributed by atoms with E-state index in [1.807, 2.05) is 0 Å². The summed E-state index contributed by atoms with van der Waals surface area (Å²) in [5.41, 5.74) is 0. The molecule has 0 radical (unpaired) electrons. The third-order valence-corrected chi connectivity index (χ3v) is 12.3. The van der Waals surface area contributed by atoms with Crippen LogP contribution >= 0.6 is 0 Å². The Bertz CT molecular complexity index is 1200. The van der Waals surface area contributed by atoms with Gasteiger partial charge in [-0.2, -0.15) is 0 Å². The average molecular weight is 924 g/mol. The van der Waals surface area contributed by atoms with Crippen molar-refractivity contribution < 1.29 is 28.6 Å². The predicted octanol–water partition coefficient (Wildman–Crippen LogP) is 18.8. The molecule has 0 saturated heterocycles. The van der Waals surface area contributed by atoms with Crippen molar-refractivity contribution in [3.8, 4) is 0 Å². The van der Waals surface area contributed by atoms with Crippen LogP contribution in [0.1, 0.15) is 284 Å². The summed E-state index contributed by atoms with van der Waals surface area (Å²) >= 11 is 0. The second kappa shape index (κ2) is 54.7. The molecule has 0 aliphatic rings. The molecule has 1 unspecified atom stereocenters. The lowest BCUT2D eigenvalue weighted by molar-refractivity contribution is -0.167. The molecule has 0 spiro atoms. The number of allylic oxidation sites excluding steroid dienone is 10. The van der Waals surface area contributed by atoms with Gasteiger partial charge in [0.1, 0.15) is 13.2 Å². The fourth-order valence-electron chi connectivity index (χ4n) is 8.07. The summed E-state index contributed by atoms with van der Waals surface area (Å²) in [7, 11) is 0. The summed E-state index contributed by atoms with van der Waals surface area (Å²) in [6.07, 6.45) is 67.8. The molecule has 0 heterocycles. The molecule has 6 nitrogen and oxygen atoms in total. The maximum Gasteiger partial charge on any atom is 0.306 e. The van der Waals surface area contributed by atoms with Crippen LogP contribution < -0.4 is 0 Å². The highest BCUT2D eigenvalue weighted by Gasteiger charge is 2.19. The Hall–Kier alpha value is -2.89. The van der Waals surface area contributed by atoms with Gasteiger partial charge in [0.15, 0.2) is 6.10 Å². The van der Waals surface area contributed by atoms with Crippen molar-refractivity contribution in [2.45, 2.75) is 290 Å². The first-order valence-corrected chi connectivity index (χ1v) is 28.3. The molecular formula is C60H106O6. The van der Waals surface area contributed by atoms with E-state index in [-0.39, 0.29) is 37.5 Å². The Balaban J connectivity index is 4.43. The van der Waals surface area contributed by atoms with Gasteiger partial charge in [0.25, 0.3) is 0 Å². The molecule has 0 fully saturated rings. The van der Waals surface area contributed by atoms with Gasteiger partial charge >= 0.3 is 17.9 Å². The molecule has 0 amide bonds.